The molecular weight excluding hydrogens is 348 g/mol. The fourth-order valence-electron chi connectivity index (χ4n) is 2.90. The molecule has 132 valence electrons. The van der Waals surface area contributed by atoms with Crippen molar-refractivity contribution in [3.05, 3.63) is 59.3 Å². The average molecular weight is 365 g/mol. The van der Waals surface area contributed by atoms with Gasteiger partial charge in [0.1, 0.15) is 11.6 Å². The molecule has 0 aliphatic carbocycles. The van der Waals surface area contributed by atoms with E-state index in [9.17, 15) is 17.6 Å². The summed E-state index contributed by atoms with van der Waals surface area (Å²) in [6.07, 6.45) is -3.28. The van der Waals surface area contributed by atoms with E-state index >= 15 is 0 Å². The van der Waals surface area contributed by atoms with Gasteiger partial charge in [0.05, 0.1) is 17.9 Å². The molecule has 1 saturated heterocycles. The van der Waals surface area contributed by atoms with Gasteiger partial charge in [-0.15, -0.1) is 12.4 Å². The third-order valence-electron chi connectivity index (χ3n) is 3.96. The first-order chi connectivity index (χ1) is 11.0. The predicted octanol–water partition coefficient (Wildman–Crippen LogP) is 3.85. The highest BCUT2D eigenvalue weighted by molar-refractivity contribution is 5.85. The van der Waals surface area contributed by atoms with Crippen LogP contribution in [-0.4, -0.2) is 31.1 Å². The number of nitrogens with one attached hydrogen (secondary N) is 1. The van der Waals surface area contributed by atoms with Crippen LogP contribution in [-0.2, 0) is 6.18 Å². The molecule has 0 spiro atoms. The molecule has 8 heteroatoms. The second-order valence-electron chi connectivity index (χ2n) is 5.41. The molecule has 24 heavy (non-hydrogen) atoms. The first-order valence-electron chi connectivity index (χ1n) is 7.32. The van der Waals surface area contributed by atoms with Gasteiger partial charge < -0.3 is 9.73 Å². The maximum Gasteiger partial charge on any atom is 0.419 e. The summed E-state index contributed by atoms with van der Waals surface area (Å²) in [5.41, 5.74) is -1.27. The summed E-state index contributed by atoms with van der Waals surface area (Å²) >= 11 is 0. The summed E-state index contributed by atoms with van der Waals surface area (Å²) < 4.78 is 58.9. The van der Waals surface area contributed by atoms with Crippen molar-refractivity contribution in [3.8, 4) is 0 Å². The Bertz CT molecular complexity index is 655. The molecule has 1 aromatic carbocycles. The van der Waals surface area contributed by atoms with Crippen LogP contribution in [0.5, 0.6) is 0 Å². The molecule has 1 fully saturated rings. The van der Waals surface area contributed by atoms with Crippen molar-refractivity contribution in [2.45, 2.75) is 12.2 Å². The molecule has 1 aromatic heterocycles. The van der Waals surface area contributed by atoms with E-state index in [1.807, 2.05) is 4.90 Å². The van der Waals surface area contributed by atoms with Crippen LogP contribution in [0.25, 0.3) is 0 Å². The minimum atomic E-state index is -4.72. The van der Waals surface area contributed by atoms with Crippen molar-refractivity contribution in [1.29, 1.82) is 0 Å². The third-order valence-corrected chi connectivity index (χ3v) is 3.96. The molecule has 2 heterocycles. The summed E-state index contributed by atoms with van der Waals surface area (Å²) in [5.74, 6) is -0.801. The number of piperazine rings is 1. The zero-order valence-electron chi connectivity index (χ0n) is 12.6. The molecule has 1 aliphatic rings. The fourth-order valence-corrected chi connectivity index (χ4v) is 2.90. The van der Waals surface area contributed by atoms with Crippen molar-refractivity contribution in [2.75, 3.05) is 26.2 Å². The normalized spacial score (nSPS) is 17.3. The maximum atomic E-state index is 14.6. The highest BCUT2D eigenvalue weighted by Gasteiger charge is 2.37. The number of hydrogen-bond acceptors (Lipinski definition) is 3. The largest absolute Gasteiger partial charge is 0.467 e. The highest BCUT2D eigenvalue weighted by atomic mass is 35.5. The van der Waals surface area contributed by atoms with E-state index in [0.29, 0.717) is 31.9 Å². The van der Waals surface area contributed by atoms with Crippen LogP contribution >= 0.6 is 12.4 Å². The predicted molar refractivity (Wildman–Crippen MR) is 83.6 cm³/mol. The van der Waals surface area contributed by atoms with Crippen LogP contribution in [0.1, 0.15) is 22.9 Å². The molecule has 0 bridgehead atoms. The standard InChI is InChI=1S/C16H16F4N2O.ClH/c17-14-11(3-1-4-12(14)16(18,19)20)15(13-5-2-10-23-13)22-8-6-21-7-9-22;/h1-5,10,15,21H,6-9H2;1H/t15-;/m1./s1. The smallest absolute Gasteiger partial charge is 0.419 e. The Labute approximate surface area is 143 Å². The van der Waals surface area contributed by atoms with E-state index in [1.165, 1.54) is 18.4 Å². The highest BCUT2D eigenvalue weighted by Crippen LogP contribution is 2.37. The number of halogens is 5. The van der Waals surface area contributed by atoms with Gasteiger partial charge in [0.25, 0.3) is 0 Å². The van der Waals surface area contributed by atoms with E-state index < -0.39 is 23.6 Å². The second-order valence-corrected chi connectivity index (χ2v) is 5.41. The molecule has 1 atom stereocenters. The zero-order chi connectivity index (χ0) is 16.4. The minimum Gasteiger partial charge on any atom is -0.467 e. The molecule has 0 saturated carbocycles. The molecule has 1 aliphatic heterocycles. The molecule has 2 aromatic rings. The Hall–Kier alpha value is -1.57. The topological polar surface area (TPSA) is 28.4 Å². The quantitative estimate of drug-likeness (QED) is 0.838. The Morgan fingerprint density at radius 2 is 1.79 bits per heavy atom. The van der Waals surface area contributed by atoms with Gasteiger partial charge in [-0.2, -0.15) is 13.2 Å². The van der Waals surface area contributed by atoms with Crippen LogP contribution in [0.3, 0.4) is 0 Å². The monoisotopic (exact) mass is 364 g/mol. The summed E-state index contributed by atoms with van der Waals surface area (Å²) in [5, 5.41) is 3.17. The summed E-state index contributed by atoms with van der Waals surface area (Å²) in [6, 6.07) is 6.02. The second kappa shape index (κ2) is 7.55. The number of furan rings is 1. The van der Waals surface area contributed by atoms with Gasteiger partial charge in [0, 0.05) is 31.7 Å². The Morgan fingerprint density at radius 3 is 2.38 bits per heavy atom. The molecule has 0 radical (unpaired) electrons. The Morgan fingerprint density at radius 1 is 1.08 bits per heavy atom. The van der Waals surface area contributed by atoms with Gasteiger partial charge in [-0.25, -0.2) is 4.39 Å². The van der Waals surface area contributed by atoms with Gasteiger partial charge in [0.15, 0.2) is 0 Å². The first-order valence-corrected chi connectivity index (χ1v) is 7.32. The zero-order valence-corrected chi connectivity index (χ0v) is 13.5. The van der Waals surface area contributed by atoms with Crippen molar-refractivity contribution in [1.82, 2.24) is 10.2 Å². The first kappa shape index (κ1) is 18.8. The number of rotatable bonds is 3. The van der Waals surface area contributed by atoms with E-state index in [2.05, 4.69) is 5.32 Å². The summed E-state index contributed by atoms with van der Waals surface area (Å²) in [7, 11) is 0. The molecular formula is C16H17ClF4N2O. The number of nitrogens with zero attached hydrogens (tertiary/aromatic N) is 1. The van der Waals surface area contributed by atoms with Gasteiger partial charge >= 0.3 is 6.18 Å². The van der Waals surface area contributed by atoms with Crippen molar-refractivity contribution in [3.63, 3.8) is 0 Å². The number of benzene rings is 1. The molecule has 1 N–H and O–H groups in total. The maximum absolute atomic E-state index is 14.6. The van der Waals surface area contributed by atoms with Gasteiger partial charge in [-0.1, -0.05) is 12.1 Å². The SMILES string of the molecule is Cl.Fc1c([C@H](c2ccco2)N2CCNCC2)cccc1C(F)(F)F. The lowest BCUT2D eigenvalue weighted by Crippen LogP contribution is -2.45. The molecule has 0 amide bonds. The molecule has 3 rings (SSSR count). The molecule has 0 unspecified atom stereocenters. The van der Waals surface area contributed by atoms with Crippen molar-refractivity contribution < 1.29 is 22.0 Å². The van der Waals surface area contributed by atoms with Crippen molar-refractivity contribution >= 4 is 12.4 Å². The Kier molecular flexibility index (Phi) is 5.90. The Balaban J connectivity index is 0.00000208. The van der Waals surface area contributed by atoms with Crippen LogP contribution < -0.4 is 5.32 Å². The third kappa shape index (κ3) is 3.74. The van der Waals surface area contributed by atoms with E-state index in [-0.39, 0.29) is 18.0 Å². The average Bonchev–Trinajstić information content (AvgIpc) is 3.03. The van der Waals surface area contributed by atoms with Gasteiger partial charge in [-0.3, -0.25) is 4.90 Å². The van der Waals surface area contributed by atoms with E-state index in [1.54, 1.807) is 12.1 Å². The van der Waals surface area contributed by atoms with Crippen LogP contribution in [0.15, 0.2) is 41.0 Å². The molecule has 3 nitrogen and oxygen atoms in total. The minimum absolute atomic E-state index is 0. The lowest BCUT2D eigenvalue weighted by atomic mass is 9.98. The van der Waals surface area contributed by atoms with Gasteiger partial charge in [0.2, 0.25) is 0 Å². The van der Waals surface area contributed by atoms with Gasteiger partial charge in [-0.05, 0) is 18.2 Å². The summed E-state index contributed by atoms with van der Waals surface area (Å²) in [6.45, 7) is 2.58. The number of hydrogen-bond donors (Lipinski definition) is 1. The lowest BCUT2D eigenvalue weighted by molar-refractivity contribution is -0.140. The van der Waals surface area contributed by atoms with Crippen LogP contribution in [0.4, 0.5) is 17.6 Å². The number of alkyl halides is 3. The summed E-state index contributed by atoms with van der Waals surface area (Å²) in [4.78, 5) is 1.92. The van der Waals surface area contributed by atoms with E-state index in [4.69, 9.17) is 4.42 Å². The van der Waals surface area contributed by atoms with Crippen molar-refractivity contribution in [2.24, 2.45) is 0 Å². The van der Waals surface area contributed by atoms with Crippen LogP contribution in [0, 0.1) is 5.82 Å². The lowest BCUT2D eigenvalue weighted by Gasteiger charge is -2.34. The van der Waals surface area contributed by atoms with E-state index in [0.717, 1.165) is 6.07 Å². The van der Waals surface area contributed by atoms with Crippen LogP contribution in [0.2, 0.25) is 0 Å². The fraction of sp³-hybridized carbons (Fsp3) is 0.375.